The largest absolute Gasteiger partial charge is 0.441 e. The molecule has 0 radical (unpaired) electrons. The normalized spacial score (nSPS) is 11.6. The van der Waals surface area contributed by atoms with Gasteiger partial charge in [0.25, 0.3) is 0 Å². The summed E-state index contributed by atoms with van der Waals surface area (Å²) in [5, 5.41) is 0. The Kier molecular flexibility index (Phi) is 3.07. The minimum Gasteiger partial charge on any atom is -0.441 e. The second-order valence-corrected chi connectivity index (χ2v) is 3.72. The molecule has 0 unspecified atom stereocenters. The number of aryl methyl sites for hydroxylation is 1. The van der Waals surface area contributed by atoms with E-state index in [9.17, 15) is 0 Å². The van der Waals surface area contributed by atoms with Gasteiger partial charge in [-0.25, -0.2) is 4.98 Å². The van der Waals surface area contributed by atoms with Gasteiger partial charge in [0, 0.05) is 12.8 Å². The van der Waals surface area contributed by atoms with Crippen molar-refractivity contribution in [2.24, 2.45) is 0 Å². The van der Waals surface area contributed by atoms with Crippen molar-refractivity contribution in [1.82, 2.24) is 4.98 Å². The fourth-order valence-corrected chi connectivity index (χ4v) is 1.57. The number of benzene rings is 1. The number of hydrogen-bond donors (Lipinski definition) is 0. The van der Waals surface area contributed by atoms with Gasteiger partial charge in [-0.3, -0.25) is 0 Å². The zero-order valence-corrected chi connectivity index (χ0v) is 9.29. The number of fused-ring (bicyclic) bond motifs is 1. The lowest BCUT2D eigenvalue weighted by atomic mass is 10.2. The molecule has 0 saturated carbocycles. The summed E-state index contributed by atoms with van der Waals surface area (Å²) < 4.78 is 5.39. The molecule has 2 rings (SSSR count). The first-order valence-corrected chi connectivity index (χ1v) is 5.43. The van der Waals surface area contributed by atoms with Gasteiger partial charge in [-0.15, -0.1) is 11.6 Å². The molecule has 3 heteroatoms. The first-order chi connectivity index (χ1) is 7.29. The molecule has 1 aromatic heterocycles. The van der Waals surface area contributed by atoms with Gasteiger partial charge in [-0.1, -0.05) is 18.2 Å². The Morgan fingerprint density at radius 3 is 3.13 bits per heavy atom. The summed E-state index contributed by atoms with van der Waals surface area (Å²) in [5.74, 6) is 1.36. The molecule has 0 aliphatic carbocycles. The van der Waals surface area contributed by atoms with Crippen molar-refractivity contribution in [3.8, 4) is 0 Å². The lowest BCUT2D eigenvalue weighted by Gasteiger charge is -1.91. The summed E-state index contributed by atoms with van der Waals surface area (Å²) >= 11 is 5.59. The molecule has 0 aliphatic rings. The van der Waals surface area contributed by atoms with Crippen LogP contribution in [0.25, 0.3) is 17.2 Å². The number of rotatable bonds is 3. The number of nitrogens with zero attached hydrogens (tertiary/aromatic N) is 1. The van der Waals surface area contributed by atoms with Crippen molar-refractivity contribution >= 4 is 28.8 Å². The van der Waals surface area contributed by atoms with Crippen LogP contribution < -0.4 is 0 Å². The smallest absolute Gasteiger partial charge is 0.192 e. The van der Waals surface area contributed by atoms with Gasteiger partial charge in [-0.05, 0) is 24.1 Å². The number of alkyl halides is 1. The molecule has 0 saturated heterocycles. The molecule has 15 heavy (non-hydrogen) atoms. The number of aromatic nitrogens is 1. The molecule has 78 valence electrons. The van der Waals surface area contributed by atoms with Crippen LogP contribution in [0.4, 0.5) is 0 Å². The number of hydrogen-bond acceptors (Lipinski definition) is 2. The van der Waals surface area contributed by atoms with Crippen LogP contribution in [-0.2, 0) is 0 Å². The maximum Gasteiger partial charge on any atom is 0.192 e. The topological polar surface area (TPSA) is 26.0 Å². The standard InChI is InChI=1S/C12H12ClNO/c1-9-14-11-8-10(4-2-3-7-13)5-6-12(11)15-9/h2,4-6,8H,3,7H2,1H3. The van der Waals surface area contributed by atoms with Crippen LogP contribution in [0.15, 0.2) is 28.7 Å². The quantitative estimate of drug-likeness (QED) is 0.738. The van der Waals surface area contributed by atoms with Crippen LogP contribution in [0.3, 0.4) is 0 Å². The Labute approximate surface area is 93.6 Å². The summed E-state index contributed by atoms with van der Waals surface area (Å²) in [7, 11) is 0. The average molecular weight is 222 g/mol. The summed E-state index contributed by atoms with van der Waals surface area (Å²) in [6, 6.07) is 5.96. The minimum atomic E-state index is 0.655. The molecule has 2 nitrogen and oxygen atoms in total. The van der Waals surface area contributed by atoms with Crippen molar-refractivity contribution in [2.45, 2.75) is 13.3 Å². The van der Waals surface area contributed by atoms with E-state index in [1.807, 2.05) is 31.2 Å². The van der Waals surface area contributed by atoms with E-state index in [1.165, 1.54) is 0 Å². The zero-order valence-electron chi connectivity index (χ0n) is 8.53. The van der Waals surface area contributed by atoms with Crippen LogP contribution in [0.5, 0.6) is 0 Å². The van der Waals surface area contributed by atoms with E-state index in [0.717, 1.165) is 23.1 Å². The first kappa shape index (κ1) is 10.2. The lowest BCUT2D eigenvalue weighted by Crippen LogP contribution is -1.74. The third kappa shape index (κ3) is 2.39. The highest BCUT2D eigenvalue weighted by molar-refractivity contribution is 6.17. The second-order valence-electron chi connectivity index (χ2n) is 3.34. The van der Waals surface area contributed by atoms with Gasteiger partial charge in [0.1, 0.15) is 5.52 Å². The number of allylic oxidation sites excluding steroid dienone is 1. The third-order valence-electron chi connectivity index (χ3n) is 2.10. The molecule has 0 atom stereocenters. The van der Waals surface area contributed by atoms with Crippen molar-refractivity contribution in [3.63, 3.8) is 0 Å². The summed E-state index contributed by atoms with van der Waals surface area (Å²) in [4.78, 5) is 4.28. The molecule has 0 fully saturated rings. The Morgan fingerprint density at radius 1 is 1.47 bits per heavy atom. The molecule has 0 amide bonds. The van der Waals surface area contributed by atoms with Gasteiger partial charge in [0.15, 0.2) is 11.5 Å². The lowest BCUT2D eigenvalue weighted by molar-refractivity contribution is 0.561. The Hall–Kier alpha value is -1.28. The van der Waals surface area contributed by atoms with Gasteiger partial charge in [0.05, 0.1) is 0 Å². The average Bonchev–Trinajstić information content (AvgIpc) is 2.57. The molecular weight excluding hydrogens is 210 g/mol. The van der Waals surface area contributed by atoms with Crippen LogP contribution in [0.2, 0.25) is 0 Å². The minimum absolute atomic E-state index is 0.655. The summed E-state index contributed by atoms with van der Waals surface area (Å²) in [6.07, 6.45) is 4.99. The summed E-state index contributed by atoms with van der Waals surface area (Å²) in [5.41, 5.74) is 2.86. The SMILES string of the molecule is Cc1nc2cc(C=CCCCl)ccc2o1. The highest BCUT2D eigenvalue weighted by Gasteiger charge is 2.00. The molecule has 0 bridgehead atoms. The maximum atomic E-state index is 5.59. The van der Waals surface area contributed by atoms with Crippen LogP contribution in [0.1, 0.15) is 17.9 Å². The predicted molar refractivity (Wildman–Crippen MR) is 63.1 cm³/mol. The van der Waals surface area contributed by atoms with Crippen LogP contribution in [0, 0.1) is 6.92 Å². The van der Waals surface area contributed by atoms with Gasteiger partial charge in [0.2, 0.25) is 0 Å². The van der Waals surface area contributed by atoms with Crippen LogP contribution in [-0.4, -0.2) is 10.9 Å². The monoisotopic (exact) mass is 221 g/mol. The number of halogens is 1. The van der Waals surface area contributed by atoms with E-state index in [2.05, 4.69) is 11.1 Å². The Morgan fingerprint density at radius 2 is 2.33 bits per heavy atom. The maximum absolute atomic E-state index is 5.59. The van der Waals surface area contributed by atoms with E-state index >= 15 is 0 Å². The molecule has 0 aliphatic heterocycles. The molecule has 2 aromatic rings. The van der Waals surface area contributed by atoms with E-state index in [1.54, 1.807) is 0 Å². The summed E-state index contributed by atoms with van der Waals surface area (Å²) in [6.45, 7) is 1.85. The van der Waals surface area contributed by atoms with E-state index in [0.29, 0.717) is 11.8 Å². The molecule has 0 spiro atoms. The van der Waals surface area contributed by atoms with E-state index < -0.39 is 0 Å². The predicted octanol–water partition coefficient (Wildman–Crippen LogP) is 3.78. The second kappa shape index (κ2) is 4.49. The highest BCUT2D eigenvalue weighted by atomic mass is 35.5. The molecule has 0 N–H and O–H groups in total. The fraction of sp³-hybridized carbons (Fsp3) is 0.250. The van der Waals surface area contributed by atoms with Gasteiger partial charge < -0.3 is 4.42 Å². The van der Waals surface area contributed by atoms with Crippen molar-refractivity contribution in [2.75, 3.05) is 5.88 Å². The van der Waals surface area contributed by atoms with Crippen molar-refractivity contribution < 1.29 is 4.42 Å². The van der Waals surface area contributed by atoms with Crippen molar-refractivity contribution in [3.05, 3.63) is 35.7 Å². The molecule has 1 aromatic carbocycles. The third-order valence-corrected chi connectivity index (χ3v) is 2.32. The van der Waals surface area contributed by atoms with Crippen molar-refractivity contribution in [1.29, 1.82) is 0 Å². The Balaban J connectivity index is 2.30. The van der Waals surface area contributed by atoms with Gasteiger partial charge >= 0.3 is 0 Å². The fourth-order valence-electron chi connectivity index (χ4n) is 1.45. The molecular formula is C12H12ClNO. The van der Waals surface area contributed by atoms with Gasteiger partial charge in [-0.2, -0.15) is 0 Å². The zero-order chi connectivity index (χ0) is 10.7. The number of oxazole rings is 1. The first-order valence-electron chi connectivity index (χ1n) is 4.89. The highest BCUT2D eigenvalue weighted by Crippen LogP contribution is 2.17. The van der Waals surface area contributed by atoms with E-state index in [-0.39, 0.29) is 0 Å². The molecule has 1 heterocycles. The van der Waals surface area contributed by atoms with E-state index in [4.69, 9.17) is 16.0 Å². The Bertz CT molecular complexity index is 487. The van der Waals surface area contributed by atoms with Crippen LogP contribution >= 0.6 is 11.6 Å².